The minimum Gasteiger partial charge on any atom is -0.376 e. The van der Waals surface area contributed by atoms with Crippen molar-refractivity contribution in [2.24, 2.45) is 0 Å². The Hall–Kier alpha value is -1.26. The first kappa shape index (κ1) is 13.8. The normalized spacial score (nSPS) is 10.8. The van der Waals surface area contributed by atoms with E-state index in [0.29, 0.717) is 18.8 Å². The largest absolute Gasteiger partial charge is 0.376 e. The average Bonchev–Trinajstić information content (AvgIpc) is 2.29. The first-order chi connectivity index (χ1) is 8.09. The highest BCUT2D eigenvalue weighted by molar-refractivity contribution is 5.96. The molecule has 0 spiro atoms. The van der Waals surface area contributed by atoms with Crippen LogP contribution in [0.3, 0.4) is 0 Å². The number of ketones is 1. The molecule has 0 aromatic heterocycles. The highest BCUT2D eigenvalue weighted by atomic mass is 19.1. The summed E-state index contributed by atoms with van der Waals surface area (Å²) in [5.74, 6) is -0.512. The Morgan fingerprint density at radius 1 is 1.24 bits per heavy atom. The zero-order chi connectivity index (χ0) is 12.7. The molecule has 3 nitrogen and oxygen atoms in total. The van der Waals surface area contributed by atoms with Crippen LogP contribution in [0.2, 0.25) is 0 Å². The highest BCUT2D eigenvalue weighted by Gasteiger charge is 2.05. The van der Waals surface area contributed by atoms with E-state index in [1.54, 1.807) is 0 Å². The molecule has 0 bridgehead atoms. The van der Waals surface area contributed by atoms with Crippen molar-refractivity contribution < 1.29 is 18.7 Å². The lowest BCUT2D eigenvalue weighted by Crippen LogP contribution is -2.14. The Morgan fingerprint density at radius 3 is 2.47 bits per heavy atom. The zero-order valence-corrected chi connectivity index (χ0v) is 10.1. The fourth-order valence-electron chi connectivity index (χ4n) is 1.23. The van der Waals surface area contributed by atoms with E-state index < -0.39 is 0 Å². The second kappa shape index (κ2) is 7.14. The number of hydrogen-bond donors (Lipinski definition) is 0. The summed E-state index contributed by atoms with van der Waals surface area (Å²) in [5.41, 5.74) is 0.455. The van der Waals surface area contributed by atoms with E-state index >= 15 is 0 Å². The average molecular weight is 240 g/mol. The fourth-order valence-corrected chi connectivity index (χ4v) is 1.23. The molecular formula is C13H17FO3. The van der Waals surface area contributed by atoms with Crippen LogP contribution in [-0.2, 0) is 9.47 Å². The van der Waals surface area contributed by atoms with Gasteiger partial charge in [0.1, 0.15) is 12.4 Å². The molecule has 0 fully saturated rings. The summed E-state index contributed by atoms with van der Waals surface area (Å²) in [6.45, 7) is 4.71. The first-order valence-corrected chi connectivity index (χ1v) is 5.57. The molecule has 0 unspecified atom stereocenters. The number of ether oxygens (including phenoxy) is 2. The van der Waals surface area contributed by atoms with E-state index in [2.05, 4.69) is 0 Å². The van der Waals surface area contributed by atoms with E-state index in [1.807, 2.05) is 13.8 Å². The Labute approximate surface area is 101 Å². The molecular weight excluding hydrogens is 223 g/mol. The highest BCUT2D eigenvalue weighted by Crippen LogP contribution is 2.03. The van der Waals surface area contributed by atoms with E-state index in [9.17, 15) is 9.18 Å². The minimum atomic E-state index is -0.354. The van der Waals surface area contributed by atoms with Gasteiger partial charge in [-0.3, -0.25) is 4.79 Å². The first-order valence-electron chi connectivity index (χ1n) is 5.57. The summed E-state index contributed by atoms with van der Waals surface area (Å²) in [7, 11) is 0. The van der Waals surface area contributed by atoms with Crippen LogP contribution in [0.15, 0.2) is 24.3 Å². The van der Waals surface area contributed by atoms with Crippen LogP contribution >= 0.6 is 0 Å². The molecule has 0 saturated heterocycles. The molecule has 1 rings (SSSR count). The number of Topliss-reactive ketones (excluding diaryl/α,β-unsaturated/α-hetero) is 1. The van der Waals surface area contributed by atoms with Crippen LogP contribution in [-0.4, -0.2) is 31.7 Å². The SMILES string of the molecule is CC(C)OCCOCC(=O)c1ccc(F)cc1. The predicted molar refractivity (Wildman–Crippen MR) is 62.6 cm³/mol. The molecule has 1 aromatic carbocycles. The van der Waals surface area contributed by atoms with E-state index in [0.717, 1.165) is 0 Å². The molecule has 0 amide bonds. The lowest BCUT2D eigenvalue weighted by molar-refractivity contribution is 0.0208. The van der Waals surface area contributed by atoms with Crippen LogP contribution in [0.4, 0.5) is 4.39 Å². The van der Waals surface area contributed by atoms with Gasteiger partial charge >= 0.3 is 0 Å². The minimum absolute atomic E-state index is 0.00686. The third-order valence-corrected chi connectivity index (χ3v) is 2.08. The zero-order valence-electron chi connectivity index (χ0n) is 10.1. The molecule has 0 aliphatic heterocycles. The number of benzene rings is 1. The van der Waals surface area contributed by atoms with Crippen molar-refractivity contribution in [1.29, 1.82) is 0 Å². The summed E-state index contributed by atoms with van der Waals surface area (Å²) in [6.07, 6.45) is 0.159. The van der Waals surface area contributed by atoms with Crippen LogP contribution in [0, 0.1) is 5.82 Å². The lowest BCUT2D eigenvalue weighted by atomic mass is 10.1. The van der Waals surface area contributed by atoms with Crippen LogP contribution in [0.25, 0.3) is 0 Å². The van der Waals surface area contributed by atoms with Gasteiger partial charge in [-0.1, -0.05) is 0 Å². The molecule has 0 aliphatic rings. The number of carbonyl (C=O) groups excluding carboxylic acids is 1. The van der Waals surface area contributed by atoms with Gasteiger partial charge < -0.3 is 9.47 Å². The van der Waals surface area contributed by atoms with Gasteiger partial charge in [-0.15, -0.1) is 0 Å². The molecule has 0 saturated carbocycles. The maximum Gasteiger partial charge on any atom is 0.188 e. The Bertz CT molecular complexity index is 346. The summed E-state index contributed by atoms with van der Waals surface area (Å²) in [6, 6.07) is 5.42. The summed E-state index contributed by atoms with van der Waals surface area (Å²) in [5, 5.41) is 0. The summed E-state index contributed by atoms with van der Waals surface area (Å²) >= 11 is 0. The Kier molecular flexibility index (Phi) is 5.80. The third-order valence-electron chi connectivity index (χ3n) is 2.08. The second-order valence-corrected chi connectivity index (χ2v) is 3.90. The van der Waals surface area contributed by atoms with Gasteiger partial charge in [0.05, 0.1) is 19.3 Å². The number of hydrogen-bond acceptors (Lipinski definition) is 3. The molecule has 0 radical (unpaired) electrons. The number of rotatable bonds is 7. The topological polar surface area (TPSA) is 35.5 Å². The second-order valence-electron chi connectivity index (χ2n) is 3.90. The smallest absolute Gasteiger partial charge is 0.188 e. The van der Waals surface area contributed by atoms with Gasteiger partial charge in [0.15, 0.2) is 5.78 Å². The van der Waals surface area contributed by atoms with Crippen molar-refractivity contribution in [3.63, 3.8) is 0 Å². The molecule has 17 heavy (non-hydrogen) atoms. The Balaban J connectivity index is 2.23. The fraction of sp³-hybridized carbons (Fsp3) is 0.462. The Morgan fingerprint density at radius 2 is 1.88 bits per heavy atom. The van der Waals surface area contributed by atoms with Crippen molar-refractivity contribution in [3.8, 4) is 0 Å². The third kappa shape index (κ3) is 5.56. The van der Waals surface area contributed by atoms with Crippen molar-refractivity contribution in [3.05, 3.63) is 35.6 Å². The maximum atomic E-state index is 12.6. The summed E-state index contributed by atoms with van der Waals surface area (Å²) < 4.78 is 23.0. The monoisotopic (exact) mass is 240 g/mol. The quantitative estimate of drug-likeness (QED) is 0.542. The van der Waals surface area contributed by atoms with E-state index in [4.69, 9.17) is 9.47 Å². The lowest BCUT2D eigenvalue weighted by Gasteiger charge is -2.07. The molecule has 1 aromatic rings. The van der Waals surface area contributed by atoms with Crippen molar-refractivity contribution in [1.82, 2.24) is 0 Å². The predicted octanol–water partition coefficient (Wildman–Crippen LogP) is 2.45. The standard InChI is InChI=1S/C13H17FO3/c1-10(2)17-8-7-16-9-13(15)11-3-5-12(14)6-4-11/h3-6,10H,7-9H2,1-2H3. The van der Waals surface area contributed by atoms with Gasteiger partial charge in [0, 0.05) is 5.56 Å². The van der Waals surface area contributed by atoms with Crippen molar-refractivity contribution in [2.75, 3.05) is 19.8 Å². The molecule has 0 aliphatic carbocycles. The van der Waals surface area contributed by atoms with Gasteiger partial charge in [0.2, 0.25) is 0 Å². The van der Waals surface area contributed by atoms with Crippen LogP contribution in [0.1, 0.15) is 24.2 Å². The van der Waals surface area contributed by atoms with Crippen molar-refractivity contribution in [2.45, 2.75) is 20.0 Å². The van der Waals surface area contributed by atoms with Gasteiger partial charge in [0.25, 0.3) is 0 Å². The van der Waals surface area contributed by atoms with Gasteiger partial charge in [-0.25, -0.2) is 4.39 Å². The summed E-state index contributed by atoms with van der Waals surface area (Å²) in [4.78, 5) is 11.6. The number of carbonyl (C=O) groups is 1. The molecule has 0 heterocycles. The van der Waals surface area contributed by atoms with Crippen LogP contribution in [0.5, 0.6) is 0 Å². The van der Waals surface area contributed by atoms with Crippen LogP contribution < -0.4 is 0 Å². The van der Waals surface area contributed by atoms with Gasteiger partial charge in [-0.05, 0) is 38.1 Å². The number of halogens is 1. The molecule has 94 valence electrons. The molecule has 0 N–H and O–H groups in total. The van der Waals surface area contributed by atoms with E-state index in [1.165, 1.54) is 24.3 Å². The van der Waals surface area contributed by atoms with Gasteiger partial charge in [-0.2, -0.15) is 0 Å². The molecule has 4 heteroatoms. The van der Waals surface area contributed by atoms with E-state index in [-0.39, 0.29) is 24.3 Å². The maximum absolute atomic E-state index is 12.6. The van der Waals surface area contributed by atoms with Crippen molar-refractivity contribution >= 4 is 5.78 Å². The molecule has 0 atom stereocenters.